The number of anilines is 1. The number of aromatic nitrogens is 1. The molecule has 0 unspecified atom stereocenters. The van der Waals surface area contributed by atoms with E-state index in [0.29, 0.717) is 35.2 Å². The van der Waals surface area contributed by atoms with Crippen molar-refractivity contribution in [1.29, 1.82) is 0 Å². The molecule has 2 aromatic rings. The number of methoxy groups -OCH3 is 1. The maximum atomic E-state index is 11.9. The minimum Gasteiger partial charge on any atom is -0.494 e. The van der Waals surface area contributed by atoms with E-state index in [4.69, 9.17) is 4.74 Å². The molecule has 0 radical (unpaired) electrons. The summed E-state index contributed by atoms with van der Waals surface area (Å²) in [7, 11) is 1.31. The molecule has 8 heteroatoms. The number of thiazole rings is 1. The van der Waals surface area contributed by atoms with Crippen molar-refractivity contribution in [1.82, 2.24) is 4.98 Å². The van der Waals surface area contributed by atoms with Crippen LogP contribution in [0.3, 0.4) is 0 Å². The molecule has 0 bridgehead atoms. The van der Waals surface area contributed by atoms with Gasteiger partial charge in [-0.05, 0) is 31.5 Å². The van der Waals surface area contributed by atoms with Crippen LogP contribution in [0.15, 0.2) is 28.7 Å². The van der Waals surface area contributed by atoms with Gasteiger partial charge in [0.25, 0.3) is 0 Å². The summed E-state index contributed by atoms with van der Waals surface area (Å²) >= 11 is 4.48. The first kappa shape index (κ1) is 18.4. The monoisotopic (exact) mass is 412 g/mol. The highest BCUT2D eigenvalue weighted by Crippen LogP contribution is 2.23. The van der Waals surface area contributed by atoms with Gasteiger partial charge in [0.2, 0.25) is 5.91 Å². The van der Waals surface area contributed by atoms with E-state index in [2.05, 4.69) is 31.0 Å². The summed E-state index contributed by atoms with van der Waals surface area (Å²) < 4.78 is 11.2. The molecule has 0 spiro atoms. The molecule has 128 valence electrons. The molecular formula is C16H17BrN2O4S. The summed E-state index contributed by atoms with van der Waals surface area (Å²) in [6, 6.07) is 7.53. The Morgan fingerprint density at radius 3 is 2.88 bits per heavy atom. The van der Waals surface area contributed by atoms with E-state index in [-0.39, 0.29) is 5.91 Å². The fraction of sp³-hybridized carbons (Fsp3) is 0.312. The lowest BCUT2D eigenvalue weighted by Gasteiger charge is -2.06. The van der Waals surface area contributed by atoms with Gasteiger partial charge in [-0.1, -0.05) is 33.3 Å². The third-order valence-corrected chi connectivity index (χ3v) is 4.57. The topological polar surface area (TPSA) is 77.5 Å². The maximum absolute atomic E-state index is 11.9. The smallest absolute Gasteiger partial charge is 0.350 e. The van der Waals surface area contributed by atoms with Crippen molar-refractivity contribution in [2.24, 2.45) is 0 Å². The SMILES string of the molecule is COC(=O)c1sc(NC(=O)CCCOc2cccc(Br)c2)nc1C. The van der Waals surface area contributed by atoms with Crippen LogP contribution in [0.2, 0.25) is 0 Å². The first-order valence-corrected chi connectivity index (χ1v) is 8.84. The number of hydrogen-bond donors (Lipinski definition) is 1. The van der Waals surface area contributed by atoms with E-state index in [0.717, 1.165) is 21.6 Å². The van der Waals surface area contributed by atoms with E-state index < -0.39 is 5.97 Å². The molecule has 6 nitrogen and oxygen atoms in total. The van der Waals surface area contributed by atoms with Crippen molar-refractivity contribution in [3.8, 4) is 5.75 Å². The second-order valence-corrected chi connectivity index (χ2v) is 6.80. The van der Waals surface area contributed by atoms with E-state index in [9.17, 15) is 9.59 Å². The lowest BCUT2D eigenvalue weighted by Crippen LogP contribution is -2.12. The highest BCUT2D eigenvalue weighted by molar-refractivity contribution is 9.10. The standard InChI is InChI=1S/C16H17BrN2O4S/c1-10-14(15(21)22-2)24-16(18-10)19-13(20)7-4-8-23-12-6-3-5-11(17)9-12/h3,5-6,9H,4,7-8H2,1-2H3,(H,18,19,20). The summed E-state index contributed by atoms with van der Waals surface area (Å²) in [5.74, 6) is 0.133. The van der Waals surface area contributed by atoms with Crippen molar-refractivity contribution in [2.45, 2.75) is 19.8 Å². The summed E-state index contributed by atoms with van der Waals surface area (Å²) in [6.07, 6.45) is 0.882. The average molecular weight is 413 g/mol. The molecule has 1 aromatic carbocycles. The molecule has 0 aliphatic rings. The summed E-state index contributed by atoms with van der Waals surface area (Å²) in [5.41, 5.74) is 0.542. The van der Waals surface area contributed by atoms with Gasteiger partial charge in [0.05, 0.1) is 19.4 Å². The van der Waals surface area contributed by atoms with Crippen LogP contribution in [-0.2, 0) is 9.53 Å². The van der Waals surface area contributed by atoms with Gasteiger partial charge in [-0.15, -0.1) is 0 Å². The molecule has 0 aliphatic carbocycles. The molecule has 0 fully saturated rings. The fourth-order valence-corrected chi connectivity index (χ4v) is 3.17. The molecule has 1 heterocycles. The molecular weight excluding hydrogens is 396 g/mol. The number of nitrogens with one attached hydrogen (secondary N) is 1. The molecule has 0 atom stereocenters. The predicted molar refractivity (Wildman–Crippen MR) is 95.7 cm³/mol. The first-order valence-electron chi connectivity index (χ1n) is 7.23. The van der Waals surface area contributed by atoms with E-state index >= 15 is 0 Å². The van der Waals surface area contributed by atoms with Crippen molar-refractivity contribution >= 4 is 44.3 Å². The Labute approximate surface area is 152 Å². The van der Waals surface area contributed by atoms with Crippen LogP contribution >= 0.6 is 27.3 Å². The van der Waals surface area contributed by atoms with Crippen molar-refractivity contribution in [2.75, 3.05) is 19.0 Å². The number of carbonyl (C=O) groups is 2. The van der Waals surface area contributed by atoms with Crippen molar-refractivity contribution in [3.63, 3.8) is 0 Å². The minimum atomic E-state index is -0.451. The van der Waals surface area contributed by atoms with Crippen molar-refractivity contribution in [3.05, 3.63) is 39.3 Å². The number of nitrogens with zero attached hydrogens (tertiary/aromatic N) is 1. The minimum absolute atomic E-state index is 0.169. The van der Waals surface area contributed by atoms with E-state index in [1.54, 1.807) is 6.92 Å². The second kappa shape index (κ2) is 8.79. The van der Waals surface area contributed by atoms with Gasteiger partial charge in [0.15, 0.2) is 5.13 Å². The average Bonchev–Trinajstić information content (AvgIpc) is 2.91. The number of halogens is 1. The van der Waals surface area contributed by atoms with Crippen LogP contribution in [0, 0.1) is 6.92 Å². The van der Waals surface area contributed by atoms with Crippen molar-refractivity contribution < 1.29 is 19.1 Å². The Morgan fingerprint density at radius 1 is 1.38 bits per heavy atom. The highest BCUT2D eigenvalue weighted by Gasteiger charge is 2.16. The van der Waals surface area contributed by atoms with Gasteiger partial charge in [0, 0.05) is 10.9 Å². The molecule has 1 aromatic heterocycles. The zero-order valence-corrected chi connectivity index (χ0v) is 15.7. The zero-order valence-electron chi connectivity index (χ0n) is 13.3. The fourth-order valence-electron chi connectivity index (χ4n) is 1.89. The maximum Gasteiger partial charge on any atom is 0.350 e. The molecule has 0 saturated carbocycles. The van der Waals surface area contributed by atoms with Crippen LogP contribution in [0.25, 0.3) is 0 Å². The van der Waals surface area contributed by atoms with Crippen LogP contribution in [0.5, 0.6) is 5.75 Å². The summed E-state index contributed by atoms with van der Waals surface area (Å²) in [5, 5.41) is 3.08. The zero-order chi connectivity index (χ0) is 17.5. The number of carbonyl (C=O) groups excluding carboxylic acids is 2. The van der Waals surface area contributed by atoms with Gasteiger partial charge in [0.1, 0.15) is 10.6 Å². The summed E-state index contributed by atoms with van der Waals surface area (Å²) in [4.78, 5) is 28.0. The van der Waals surface area contributed by atoms with Gasteiger partial charge in [-0.25, -0.2) is 9.78 Å². The van der Waals surface area contributed by atoms with Gasteiger partial charge in [-0.2, -0.15) is 0 Å². The number of ether oxygens (including phenoxy) is 2. The van der Waals surface area contributed by atoms with E-state index in [1.807, 2.05) is 24.3 Å². The molecule has 1 N–H and O–H groups in total. The molecule has 1 amide bonds. The number of esters is 1. The van der Waals surface area contributed by atoms with Crippen LogP contribution in [0.1, 0.15) is 28.2 Å². The molecule has 2 rings (SSSR count). The second-order valence-electron chi connectivity index (χ2n) is 4.88. The first-order chi connectivity index (χ1) is 11.5. The van der Waals surface area contributed by atoms with Crippen LogP contribution in [0.4, 0.5) is 5.13 Å². The number of hydrogen-bond acceptors (Lipinski definition) is 6. The lowest BCUT2D eigenvalue weighted by atomic mass is 10.3. The number of benzene rings is 1. The summed E-state index contributed by atoms with van der Waals surface area (Å²) in [6.45, 7) is 2.14. The quantitative estimate of drug-likeness (QED) is 0.552. The Hall–Kier alpha value is -1.93. The van der Waals surface area contributed by atoms with Crippen LogP contribution < -0.4 is 10.1 Å². The van der Waals surface area contributed by atoms with E-state index in [1.165, 1.54) is 7.11 Å². The molecule has 24 heavy (non-hydrogen) atoms. The Kier molecular flexibility index (Phi) is 6.74. The predicted octanol–water partition coefficient (Wildman–Crippen LogP) is 3.80. The highest BCUT2D eigenvalue weighted by atomic mass is 79.9. The Bertz CT molecular complexity index is 733. The molecule has 0 aliphatic heterocycles. The Balaban J connectivity index is 1.76. The Morgan fingerprint density at radius 2 is 2.17 bits per heavy atom. The normalized spacial score (nSPS) is 10.3. The molecule has 0 saturated heterocycles. The van der Waals surface area contributed by atoms with Gasteiger partial charge >= 0.3 is 5.97 Å². The number of rotatable bonds is 7. The van der Waals surface area contributed by atoms with Gasteiger partial charge in [-0.3, -0.25) is 4.79 Å². The third-order valence-electron chi connectivity index (χ3n) is 3.03. The van der Waals surface area contributed by atoms with Crippen LogP contribution in [-0.4, -0.2) is 30.6 Å². The lowest BCUT2D eigenvalue weighted by molar-refractivity contribution is -0.116. The van der Waals surface area contributed by atoms with Gasteiger partial charge < -0.3 is 14.8 Å². The number of amides is 1. The largest absolute Gasteiger partial charge is 0.494 e. The third kappa shape index (κ3) is 5.31. The number of aryl methyl sites for hydroxylation is 1.